The molecule has 0 atom stereocenters. The van der Waals surface area contributed by atoms with E-state index in [1.807, 2.05) is 11.0 Å². The second-order valence-corrected chi connectivity index (χ2v) is 4.27. The van der Waals surface area contributed by atoms with Gasteiger partial charge in [0.15, 0.2) is 0 Å². The van der Waals surface area contributed by atoms with Gasteiger partial charge in [-0.3, -0.25) is 4.79 Å². The van der Waals surface area contributed by atoms with Gasteiger partial charge in [0.2, 0.25) is 5.91 Å². The van der Waals surface area contributed by atoms with E-state index in [1.165, 1.54) is 5.56 Å². The van der Waals surface area contributed by atoms with Crippen molar-refractivity contribution in [3.63, 3.8) is 0 Å². The first kappa shape index (κ1) is 11.1. The molecule has 2 N–H and O–H groups in total. The molecule has 86 valence electrons. The minimum absolute atomic E-state index is 0.0755. The van der Waals surface area contributed by atoms with Crippen LogP contribution in [0.5, 0.6) is 0 Å². The zero-order valence-electron chi connectivity index (χ0n) is 9.43. The fourth-order valence-corrected chi connectivity index (χ4v) is 2.32. The van der Waals surface area contributed by atoms with Crippen molar-refractivity contribution in [3.8, 4) is 0 Å². The van der Waals surface area contributed by atoms with Gasteiger partial charge in [-0.25, -0.2) is 0 Å². The van der Waals surface area contributed by atoms with E-state index >= 15 is 0 Å². The van der Waals surface area contributed by atoms with Gasteiger partial charge in [-0.05, 0) is 24.3 Å². The minimum Gasteiger partial charge on any atom is -0.342 e. The first-order valence-electron chi connectivity index (χ1n) is 5.84. The third-order valence-corrected chi connectivity index (χ3v) is 3.29. The molecule has 16 heavy (non-hydrogen) atoms. The number of hydrogen-bond acceptors (Lipinski definition) is 2. The molecule has 0 unspecified atom stereocenters. The number of piperidine rings is 1. The van der Waals surface area contributed by atoms with Crippen molar-refractivity contribution in [1.29, 1.82) is 0 Å². The lowest BCUT2D eigenvalue weighted by molar-refractivity contribution is -0.130. The zero-order chi connectivity index (χ0) is 11.4. The topological polar surface area (TPSA) is 46.3 Å². The quantitative estimate of drug-likeness (QED) is 0.814. The highest BCUT2D eigenvalue weighted by Gasteiger charge is 2.22. The number of amides is 1. The lowest BCUT2D eigenvalue weighted by Gasteiger charge is -2.32. The maximum atomic E-state index is 11.4. The number of carbonyl (C=O) groups excluding carboxylic acids is 1. The Kier molecular flexibility index (Phi) is 3.57. The monoisotopic (exact) mass is 218 g/mol. The summed E-state index contributed by atoms with van der Waals surface area (Å²) in [7, 11) is 0. The summed E-state index contributed by atoms with van der Waals surface area (Å²) in [5.41, 5.74) is 6.75. The van der Waals surface area contributed by atoms with E-state index in [9.17, 15) is 4.79 Å². The summed E-state index contributed by atoms with van der Waals surface area (Å²) in [5, 5.41) is 0. The largest absolute Gasteiger partial charge is 0.342 e. The van der Waals surface area contributed by atoms with Gasteiger partial charge in [0.1, 0.15) is 0 Å². The summed E-state index contributed by atoms with van der Waals surface area (Å²) < 4.78 is 0. The van der Waals surface area contributed by atoms with Gasteiger partial charge in [0.25, 0.3) is 0 Å². The summed E-state index contributed by atoms with van der Waals surface area (Å²) in [6.45, 7) is 1.82. The van der Waals surface area contributed by atoms with Crippen LogP contribution in [0.25, 0.3) is 0 Å². The van der Waals surface area contributed by atoms with Gasteiger partial charge in [-0.15, -0.1) is 0 Å². The Balaban J connectivity index is 1.93. The van der Waals surface area contributed by atoms with E-state index in [0.717, 1.165) is 25.9 Å². The Hall–Kier alpha value is -1.35. The molecule has 0 saturated carbocycles. The summed E-state index contributed by atoms with van der Waals surface area (Å²) in [6, 6.07) is 10.5. The fourth-order valence-electron chi connectivity index (χ4n) is 2.32. The standard InChI is InChI=1S/C13H18N2O/c14-10-13(16)15-8-6-12(7-9-15)11-4-2-1-3-5-11/h1-5,12H,6-10,14H2. The summed E-state index contributed by atoms with van der Waals surface area (Å²) in [6.07, 6.45) is 2.10. The van der Waals surface area contributed by atoms with Crippen molar-refractivity contribution >= 4 is 5.91 Å². The number of likely N-dealkylation sites (tertiary alicyclic amines) is 1. The number of hydrogen-bond donors (Lipinski definition) is 1. The highest BCUT2D eigenvalue weighted by molar-refractivity contribution is 5.78. The normalized spacial score (nSPS) is 17.4. The predicted molar refractivity (Wildman–Crippen MR) is 64.1 cm³/mol. The number of nitrogens with two attached hydrogens (primary N) is 1. The number of rotatable bonds is 2. The fraction of sp³-hybridized carbons (Fsp3) is 0.462. The molecule has 0 aromatic heterocycles. The van der Waals surface area contributed by atoms with Crippen LogP contribution in [-0.4, -0.2) is 30.4 Å². The van der Waals surface area contributed by atoms with Crippen LogP contribution in [0.4, 0.5) is 0 Å². The van der Waals surface area contributed by atoms with Crippen LogP contribution < -0.4 is 5.73 Å². The molecule has 1 aromatic carbocycles. The molecule has 0 aliphatic carbocycles. The zero-order valence-corrected chi connectivity index (χ0v) is 9.43. The van der Waals surface area contributed by atoms with Gasteiger partial charge in [-0.1, -0.05) is 30.3 Å². The lowest BCUT2D eigenvalue weighted by atomic mass is 9.89. The van der Waals surface area contributed by atoms with Crippen LogP contribution in [-0.2, 0) is 4.79 Å². The lowest BCUT2D eigenvalue weighted by Crippen LogP contribution is -2.41. The van der Waals surface area contributed by atoms with Crippen LogP contribution in [0.3, 0.4) is 0 Å². The van der Waals surface area contributed by atoms with Crippen LogP contribution in [0.15, 0.2) is 30.3 Å². The van der Waals surface area contributed by atoms with Crippen molar-refractivity contribution in [2.24, 2.45) is 5.73 Å². The van der Waals surface area contributed by atoms with E-state index in [0.29, 0.717) is 5.92 Å². The Morgan fingerprint density at radius 2 is 1.88 bits per heavy atom. The van der Waals surface area contributed by atoms with Crippen molar-refractivity contribution < 1.29 is 4.79 Å². The van der Waals surface area contributed by atoms with Gasteiger partial charge in [-0.2, -0.15) is 0 Å². The van der Waals surface area contributed by atoms with Gasteiger partial charge < -0.3 is 10.6 Å². The van der Waals surface area contributed by atoms with Crippen molar-refractivity contribution in [2.75, 3.05) is 19.6 Å². The second kappa shape index (κ2) is 5.12. The maximum absolute atomic E-state index is 11.4. The van der Waals surface area contributed by atoms with Gasteiger partial charge in [0.05, 0.1) is 6.54 Å². The molecule has 1 aliphatic rings. The molecule has 3 nitrogen and oxygen atoms in total. The average molecular weight is 218 g/mol. The van der Waals surface area contributed by atoms with E-state index < -0.39 is 0 Å². The summed E-state index contributed by atoms with van der Waals surface area (Å²) >= 11 is 0. The molecule has 1 amide bonds. The minimum atomic E-state index is 0.0755. The van der Waals surface area contributed by atoms with Crippen LogP contribution in [0, 0.1) is 0 Å². The Morgan fingerprint density at radius 3 is 2.44 bits per heavy atom. The Bertz CT molecular complexity index is 342. The molecular weight excluding hydrogens is 200 g/mol. The molecular formula is C13H18N2O. The first-order chi connectivity index (χ1) is 7.81. The third-order valence-electron chi connectivity index (χ3n) is 3.29. The predicted octanol–water partition coefficient (Wildman–Crippen LogP) is 1.35. The molecule has 1 aromatic rings. The van der Waals surface area contributed by atoms with E-state index in [2.05, 4.69) is 24.3 Å². The summed E-state index contributed by atoms with van der Waals surface area (Å²) in [5.74, 6) is 0.675. The number of nitrogens with zero attached hydrogens (tertiary/aromatic N) is 1. The molecule has 1 heterocycles. The van der Waals surface area contributed by atoms with E-state index in [4.69, 9.17) is 5.73 Å². The Labute approximate surface area is 96.2 Å². The molecule has 1 aliphatic heterocycles. The molecule has 3 heteroatoms. The van der Waals surface area contributed by atoms with Crippen LogP contribution in [0.1, 0.15) is 24.3 Å². The van der Waals surface area contributed by atoms with Crippen molar-refractivity contribution in [1.82, 2.24) is 4.90 Å². The molecule has 0 spiro atoms. The molecule has 2 rings (SSSR count). The van der Waals surface area contributed by atoms with Gasteiger partial charge in [0, 0.05) is 13.1 Å². The SMILES string of the molecule is NCC(=O)N1CCC(c2ccccc2)CC1. The second-order valence-electron chi connectivity index (χ2n) is 4.27. The molecule has 1 saturated heterocycles. The van der Waals surface area contributed by atoms with Crippen molar-refractivity contribution in [2.45, 2.75) is 18.8 Å². The average Bonchev–Trinajstić information content (AvgIpc) is 2.39. The van der Waals surface area contributed by atoms with Crippen LogP contribution >= 0.6 is 0 Å². The van der Waals surface area contributed by atoms with Gasteiger partial charge >= 0.3 is 0 Å². The highest BCUT2D eigenvalue weighted by Crippen LogP contribution is 2.27. The Morgan fingerprint density at radius 1 is 1.25 bits per heavy atom. The molecule has 0 bridgehead atoms. The highest BCUT2D eigenvalue weighted by atomic mass is 16.2. The number of benzene rings is 1. The molecule has 1 fully saturated rings. The molecule has 0 radical (unpaired) electrons. The smallest absolute Gasteiger partial charge is 0.236 e. The van der Waals surface area contributed by atoms with E-state index in [-0.39, 0.29) is 12.5 Å². The third kappa shape index (κ3) is 2.42. The first-order valence-corrected chi connectivity index (χ1v) is 5.84. The van der Waals surface area contributed by atoms with E-state index in [1.54, 1.807) is 0 Å². The number of carbonyl (C=O) groups is 1. The van der Waals surface area contributed by atoms with Crippen LogP contribution in [0.2, 0.25) is 0 Å². The maximum Gasteiger partial charge on any atom is 0.236 e. The summed E-state index contributed by atoms with van der Waals surface area (Å²) in [4.78, 5) is 13.3. The van der Waals surface area contributed by atoms with Crippen molar-refractivity contribution in [3.05, 3.63) is 35.9 Å².